The predicted molar refractivity (Wildman–Crippen MR) is 74.1 cm³/mol. The largest absolute Gasteiger partial charge is 0.461 e. The number of halogens is 1. The Balaban J connectivity index is 1.90. The van der Waals surface area contributed by atoms with Crippen LogP contribution in [-0.2, 0) is 28.6 Å². The smallest absolute Gasteiger partial charge is 0.336 e. The van der Waals surface area contributed by atoms with Crippen molar-refractivity contribution in [1.82, 2.24) is 0 Å². The number of carbonyl (C=O) groups excluding carboxylic acids is 1. The summed E-state index contributed by atoms with van der Waals surface area (Å²) in [4.78, 5) is 11.5. The number of ether oxygens (including phenoxy) is 2. The van der Waals surface area contributed by atoms with Crippen LogP contribution in [0.1, 0.15) is 19.8 Å². The molecule has 2 atom stereocenters. The van der Waals surface area contributed by atoms with Crippen molar-refractivity contribution in [2.75, 3.05) is 13.2 Å². The minimum atomic E-state index is -4.16. The second-order valence-electron chi connectivity index (χ2n) is 4.91. The number of rotatable bonds is 6. The molecule has 0 saturated carbocycles. The molecule has 1 saturated heterocycles. The maximum Gasteiger partial charge on any atom is 0.336 e. The summed E-state index contributed by atoms with van der Waals surface area (Å²) in [5.41, 5.74) is 0. The minimum Gasteiger partial charge on any atom is -0.461 e. The van der Waals surface area contributed by atoms with Crippen LogP contribution >= 0.6 is 0 Å². The molecule has 1 unspecified atom stereocenters. The van der Waals surface area contributed by atoms with Crippen LogP contribution in [0.3, 0.4) is 0 Å². The topological polar surface area (TPSA) is 78.9 Å². The normalized spacial score (nSPS) is 19.8. The summed E-state index contributed by atoms with van der Waals surface area (Å²) in [6.45, 7) is 1.98. The lowest BCUT2D eigenvalue weighted by Crippen LogP contribution is -2.29. The van der Waals surface area contributed by atoms with Crippen molar-refractivity contribution in [3.05, 3.63) is 30.1 Å². The van der Waals surface area contributed by atoms with Crippen molar-refractivity contribution in [2.24, 2.45) is 0 Å². The number of benzene rings is 1. The molecule has 1 fully saturated rings. The Morgan fingerprint density at radius 2 is 2.09 bits per heavy atom. The van der Waals surface area contributed by atoms with Crippen LogP contribution in [0.25, 0.3) is 0 Å². The van der Waals surface area contributed by atoms with E-state index in [0.29, 0.717) is 6.61 Å². The fourth-order valence-electron chi connectivity index (χ4n) is 1.95. The number of carbonyl (C=O) groups is 1. The van der Waals surface area contributed by atoms with Gasteiger partial charge in [-0.25, -0.2) is 9.18 Å². The number of hydrogen-bond acceptors (Lipinski definition) is 6. The summed E-state index contributed by atoms with van der Waals surface area (Å²) in [6.07, 6.45) is 0.269. The first-order chi connectivity index (χ1) is 10.4. The molecule has 0 amide bonds. The van der Waals surface area contributed by atoms with Gasteiger partial charge in [0.25, 0.3) is 10.1 Å². The fraction of sp³-hybridized carbons (Fsp3) is 0.500. The summed E-state index contributed by atoms with van der Waals surface area (Å²) >= 11 is 0. The van der Waals surface area contributed by atoms with Crippen LogP contribution in [0.2, 0.25) is 0 Å². The summed E-state index contributed by atoms with van der Waals surface area (Å²) in [5.74, 6) is -1.36. The maximum absolute atomic E-state index is 12.8. The quantitative estimate of drug-likeness (QED) is 0.582. The average Bonchev–Trinajstić information content (AvgIpc) is 2.98. The molecule has 1 aliphatic rings. The van der Waals surface area contributed by atoms with Gasteiger partial charge in [0, 0.05) is 6.61 Å². The lowest BCUT2D eigenvalue weighted by Gasteiger charge is -2.14. The van der Waals surface area contributed by atoms with Gasteiger partial charge in [-0.1, -0.05) is 0 Å². The second-order valence-corrected chi connectivity index (χ2v) is 6.48. The summed E-state index contributed by atoms with van der Waals surface area (Å²) in [6, 6.07) is 4.12. The zero-order valence-electron chi connectivity index (χ0n) is 12.0. The van der Waals surface area contributed by atoms with Gasteiger partial charge in [0.15, 0.2) is 6.10 Å². The third-order valence-corrected chi connectivity index (χ3v) is 4.53. The van der Waals surface area contributed by atoms with Gasteiger partial charge in [0.1, 0.15) is 12.4 Å². The molecule has 0 bridgehead atoms. The van der Waals surface area contributed by atoms with Gasteiger partial charge < -0.3 is 9.47 Å². The zero-order valence-corrected chi connectivity index (χ0v) is 12.8. The molecular formula is C14H17FO6S. The van der Waals surface area contributed by atoms with E-state index < -0.39 is 28.0 Å². The Morgan fingerprint density at radius 3 is 2.68 bits per heavy atom. The van der Waals surface area contributed by atoms with E-state index in [1.165, 1.54) is 6.92 Å². The highest BCUT2D eigenvalue weighted by atomic mass is 32.2. The third kappa shape index (κ3) is 4.49. The molecule has 8 heteroatoms. The monoisotopic (exact) mass is 332 g/mol. The van der Waals surface area contributed by atoms with E-state index in [0.717, 1.165) is 37.1 Å². The molecule has 0 aliphatic carbocycles. The molecule has 0 aromatic heterocycles. The molecule has 2 rings (SSSR count). The van der Waals surface area contributed by atoms with Gasteiger partial charge in [-0.2, -0.15) is 8.42 Å². The highest BCUT2D eigenvalue weighted by molar-refractivity contribution is 7.86. The third-order valence-electron chi connectivity index (χ3n) is 3.14. The number of hydrogen-bond donors (Lipinski definition) is 0. The van der Waals surface area contributed by atoms with Crippen molar-refractivity contribution in [1.29, 1.82) is 0 Å². The Kier molecular flexibility index (Phi) is 5.49. The Labute approximate surface area is 128 Å². The van der Waals surface area contributed by atoms with E-state index in [1.807, 2.05) is 0 Å². The van der Waals surface area contributed by atoms with E-state index in [4.69, 9.17) is 13.7 Å². The molecule has 22 heavy (non-hydrogen) atoms. The van der Waals surface area contributed by atoms with Gasteiger partial charge in [-0.05, 0) is 44.0 Å². The first-order valence-electron chi connectivity index (χ1n) is 6.85. The SMILES string of the molecule is CC(OS(=O)(=O)c1ccc(F)cc1)C(=O)OC[C@@H]1CCCO1. The average molecular weight is 332 g/mol. The first kappa shape index (κ1) is 16.9. The molecule has 1 heterocycles. The highest BCUT2D eigenvalue weighted by Crippen LogP contribution is 2.16. The Morgan fingerprint density at radius 1 is 1.41 bits per heavy atom. The lowest BCUT2D eigenvalue weighted by molar-refractivity contribution is -0.154. The van der Waals surface area contributed by atoms with Crippen LogP contribution in [0.5, 0.6) is 0 Å². The molecular weight excluding hydrogens is 315 g/mol. The zero-order chi connectivity index (χ0) is 16.2. The predicted octanol–water partition coefficient (Wildman–Crippen LogP) is 1.64. The summed E-state index contributed by atoms with van der Waals surface area (Å²) < 4.78 is 51.7. The molecule has 1 aliphatic heterocycles. The molecule has 0 radical (unpaired) electrons. The Bertz CT molecular complexity index is 607. The van der Waals surface area contributed by atoms with E-state index in [9.17, 15) is 17.6 Å². The van der Waals surface area contributed by atoms with Gasteiger partial charge >= 0.3 is 5.97 Å². The molecule has 122 valence electrons. The van der Waals surface area contributed by atoms with Crippen LogP contribution in [0.4, 0.5) is 4.39 Å². The molecule has 0 spiro atoms. The van der Waals surface area contributed by atoms with Gasteiger partial charge in [-0.3, -0.25) is 4.18 Å². The lowest BCUT2D eigenvalue weighted by atomic mass is 10.2. The van der Waals surface area contributed by atoms with Crippen molar-refractivity contribution >= 4 is 16.1 Å². The summed E-state index contributed by atoms with van der Waals surface area (Å²) in [5, 5.41) is 0. The Hall–Kier alpha value is -1.51. The minimum absolute atomic E-state index is 0.0725. The van der Waals surface area contributed by atoms with Crippen LogP contribution in [-0.4, -0.2) is 39.8 Å². The van der Waals surface area contributed by atoms with Crippen molar-refractivity contribution < 1.29 is 31.3 Å². The van der Waals surface area contributed by atoms with Crippen LogP contribution in [0.15, 0.2) is 29.2 Å². The van der Waals surface area contributed by atoms with Crippen molar-refractivity contribution in [2.45, 2.75) is 36.9 Å². The van der Waals surface area contributed by atoms with Gasteiger partial charge in [0.05, 0.1) is 11.0 Å². The van der Waals surface area contributed by atoms with E-state index >= 15 is 0 Å². The second kappa shape index (κ2) is 7.17. The van der Waals surface area contributed by atoms with Gasteiger partial charge in [-0.15, -0.1) is 0 Å². The molecule has 6 nitrogen and oxygen atoms in total. The fourth-order valence-corrected chi connectivity index (χ4v) is 2.99. The van der Waals surface area contributed by atoms with Crippen LogP contribution < -0.4 is 0 Å². The number of esters is 1. The van der Waals surface area contributed by atoms with E-state index in [2.05, 4.69) is 0 Å². The van der Waals surface area contributed by atoms with E-state index in [-0.39, 0.29) is 17.6 Å². The van der Waals surface area contributed by atoms with Crippen molar-refractivity contribution in [3.8, 4) is 0 Å². The molecule has 0 N–H and O–H groups in total. The standard InChI is InChI=1S/C14H17FO6S/c1-10(14(16)20-9-12-3-2-8-19-12)21-22(17,18)13-6-4-11(15)5-7-13/h4-7,10,12H,2-3,8-9H2,1H3/t10?,12-/m0/s1. The van der Waals surface area contributed by atoms with Crippen LogP contribution in [0, 0.1) is 5.82 Å². The van der Waals surface area contributed by atoms with Gasteiger partial charge in [0.2, 0.25) is 0 Å². The van der Waals surface area contributed by atoms with E-state index in [1.54, 1.807) is 0 Å². The van der Waals surface area contributed by atoms with Crippen molar-refractivity contribution in [3.63, 3.8) is 0 Å². The first-order valence-corrected chi connectivity index (χ1v) is 8.26. The molecule has 1 aromatic carbocycles. The maximum atomic E-state index is 12.8. The molecule has 1 aromatic rings. The highest BCUT2D eigenvalue weighted by Gasteiger charge is 2.26. The summed E-state index contributed by atoms with van der Waals surface area (Å²) in [7, 11) is -4.16.